The Bertz CT molecular complexity index is 1110. The molecule has 4 rings (SSSR count). The number of anilines is 1. The molecule has 0 bridgehead atoms. The van der Waals surface area contributed by atoms with Crippen molar-refractivity contribution in [2.45, 2.75) is 33.2 Å². The number of aromatic nitrogens is 1. The number of rotatable bonds is 4. The summed E-state index contributed by atoms with van der Waals surface area (Å²) < 4.78 is 7.20. The van der Waals surface area contributed by atoms with Crippen LogP contribution < -0.4 is 10.9 Å². The predicted molar refractivity (Wildman–Crippen MR) is 116 cm³/mol. The maximum atomic E-state index is 13.0. The van der Waals surface area contributed by atoms with Crippen molar-refractivity contribution in [1.82, 2.24) is 4.57 Å². The average Bonchev–Trinajstić information content (AvgIpc) is 2.73. The van der Waals surface area contributed by atoms with Crippen LogP contribution >= 0.6 is 0 Å². The molecule has 0 spiro atoms. The second kappa shape index (κ2) is 8.21. The number of nitrogens with one attached hydrogen (secondary N) is 1. The molecular weight excluding hydrogens is 364 g/mol. The minimum absolute atomic E-state index is 0.0168. The minimum atomic E-state index is -0.162. The van der Waals surface area contributed by atoms with Crippen molar-refractivity contribution in [3.8, 4) is 0 Å². The molecule has 0 atom stereocenters. The van der Waals surface area contributed by atoms with E-state index in [1.54, 1.807) is 4.57 Å². The molecule has 1 aliphatic heterocycles. The van der Waals surface area contributed by atoms with Crippen LogP contribution in [-0.4, -0.2) is 23.7 Å². The number of pyridine rings is 1. The number of aryl methyl sites for hydroxylation is 2. The van der Waals surface area contributed by atoms with Gasteiger partial charge in [0.2, 0.25) is 0 Å². The van der Waals surface area contributed by atoms with E-state index in [1.807, 2.05) is 62.5 Å². The fourth-order valence-corrected chi connectivity index (χ4v) is 3.95. The summed E-state index contributed by atoms with van der Waals surface area (Å²) in [6.07, 6.45) is 3.81. The molecule has 0 radical (unpaired) electrons. The Morgan fingerprint density at radius 2 is 1.90 bits per heavy atom. The zero-order chi connectivity index (χ0) is 20.4. The van der Waals surface area contributed by atoms with Gasteiger partial charge in [-0.3, -0.25) is 9.59 Å². The van der Waals surface area contributed by atoms with E-state index in [4.69, 9.17) is 4.74 Å². The van der Waals surface area contributed by atoms with Gasteiger partial charge in [0.1, 0.15) is 0 Å². The Labute approximate surface area is 170 Å². The normalized spacial score (nSPS) is 14.8. The Morgan fingerprint density at radius 3 is 2.69 bits per heavy atom. The topological polar surface area (TPSA) is 60.3 Å². The Morgan fingerprint density at radius 1 is 1.10 bits per heavy atom. The van der Waals surface area contributed by atoms with E-state index >= 15 is 0 Å². The Kier molecular flexibility index (Phi) is 5.49. The van der Waals surface area contributed by atoms with Crippen molar-refractivity contribution in [2.75, 3.05) is 18.5 Å². The van der Waals surface area contributed by atoms with E-state index in [2.05, 4.69) is 5.32 Å². The van der Waals surface area contributed by atoms with Crippen LogP contribution in [0.1, 0.15) is 34.3 Å². The number of fused-ring (bicyclic) bond motifs is 1. The lowest BCUT2D eigenvalue weighted by Crippen LogP contribution is -2.27. The van der Waals surface area contributed by atoms with E-state index in [0.29, 0.717) is 29.1 Å². The van der Waals surface area contributed by atoms with Crippen molar-refractivity contribution >= 4 is 22.4 Å². The van der Waals surface area contributed by atoms with Crippen molar-refractivity contribution < 1.29 is 9.53 Å². The number of carbonyl (C=O) groups is 1. The lowest BCUT2D eigenvalue weighted by Gasteiger charge is -2.23. The molecule has 5 heteroatoms. The highest BCUT2D eigenvalue weighted by Crippen LogP contribution is 2.23. The number of carbonyl (C=O) groups excluding carboxylic acids is 1. The second-order valence-electron chi connectivity index (χ2n) is 7.87. The summed E-state index contributed by atoms with van der Waals surface area (Å²) in [5, 5.41) is 4.38. The molecule has 1 aliphatic rings. The highest BCUT2D eigenvalue weighted by Gasteiger charge is 2.17. The maximum Gasteiger partial charge on any atom is 0.258 e. The van der Waals surface area contributed by atoms with Crippen LogP contribution in [0, 0.1) is 19.8 Å². The SMILES string of the molecule is Cc1ccc(C)c(C(=O)Nc2cccc3c(=O)n(CC4CCOCC4)ccc23)c1. The van der Waals surface area contributed by atoms with Crippen LogP contribution in [0.3, 0.4) is 0 Å². The van der Waals surface area contributed by atoms with Crippen molar-refractivity contribution in [1.29, 1.82) is 0 Å². The molecule has 1 amide bonds. The smallest absolute Gasteiger partial charge is 0.258 e. The molecule has 0 unspecified atom stereocenters. The predicted octanol–water partition coefficient (Wildman–Crippen LogP) is 4.30. The summed E-state index contributed by atoms with van der Waals surface area (Å²) in [6, 6.07) is 13.2. The maximum absolute atomic E-state index is 13.0. The summed E-state index contributed by atoms with van der Waals surface area (Å²) in [6.45, 7) is 6.13. The summed E-state index contributed by atoms with van der Waals surface area (Å²) in [7, 11) is 0. The van der Waals surface area contributed by atoms with Gasteiger partial charge in [0, 0.05) is 48.0 Å². The lowest BCUT2D eigenvalue weighted by molar-refractivity contribution is 0.0610. The monoisotopic (exact) mass is 390 g/mol. The van der Waals surface area contributed by atoms with Gasteiger partial charge in [-0.1, -0.05) is 23.8 Å². The van der Waals surface area contributed by atoms with Gasteiger partial charge in [-0.25, -0.2) is 0 Å². The molecule has 0 saturated carbocycles. The van der Waals surface area contributed by atoms with Crippen LogP contribution in [-0.2, 0) is 11.3 Å². The fourth-order valence-electron chi connectivity index (χ4n) is 3.95. The number of amides is 1. The summed E-state index contributed by atoms with van der Waals surface area (Å²) in [5.41, 5.74) is 3.25. The van der Waals surface area contributed by atoms with Crippen LogP contribution in [0.4, 0.5) is 5.69 Å². The molecule has 5 nitrogen and oxygen atoms in total. The van der Waals surface area contributed by atoms with Crippen molar-refractivity contribution in [3.05, 3.63) is 75.7 Å². The third-order valence-corrected chi connectivity index (χ3v) is 5.70. The molecule has 150 valence electrons. The standard InChI is InChI=1S/C24H26N2O3/c1-16-6-7-17(2)21(14-16)23(27)25-22-5-3-4-20-19(22)8-11-26(24(20)28)15-18-9-12-29-13-10-18/h3-8,11,14,18H,9-10,12-13,15H2,1-2H3,(H,25,27). The van der Waals surface area contributed by atoms with Gasteiger partial charge >= 0.3 is 0 Å². The van der Waals surface area contributed by atoms with E-state index in [-0.39, 0.29) is 11.5 Å². The van der Waals surface area contributed by atoms with Crippen LogP contribution in [0.15, 0.2) is 53.5 Å². The largest absolute Gasteiger partial charge is 0.381 e. The number of nitrogens with zero attached hydrogens (tertiary/aromatic N) is 1. The highest BCUT2D eigenvalue weighted by molar-refractivity contribution is 6.09. The molecule has 2 aromatic carbocycles. The third kappa shape index (κ3) is 4.10. The first kappa shape index (κ1) is 19.4. The number of hydrogen-bond donors (Lipinski definition) is 1. The molecule has 0 aliphatic carbocycles. The number of ether oxygens (including phenoxy) is 1. The van der Waals surface area contributed by atoms with E-state index < -0.39 is 0 Å². The Hall–Kier alpha value is -2.92. The molecular formula is C24H26N2O3. The van der Waals surface area contributed by atoms with Gasteiger partial charge in [-0.15, -0.1) is 0 Å². The number of benzene rings is 2. The second-order valence-corrected chi connectivity index (χ2v) is 7.87. The van der Waals surface area contributed by atoms with E-state index in [9.17, 15) is 9.59 Å². The van der Waals surface area contributed by atoms with Crippen LogP contribution in [0.2, 0.25) is 0 Å². The van der Waals surface area contributed by atoms with Gasteiger partial charge in [-0.2, -0.15) is 0 Å². The summed E-state index contributed by atoms with van der Waals surface area (Å²) in [5.74, 6) is 0.302. The third-order valence-electron chi connectivity index (χ3n) is 5.70. The van der Waals surface area contributed by atoms with Gasteiger partial charge in [-0.05, 0) is 62.4 Å². The van der Waals surface area contributed by atoms with E-state index in [1.165, 1.54) is 0 Å². The first-order valence-corrected chi connectivity index (χ1v) is 10.1. The first-order chi connectivity index (χ1) is 14.0. The summed E-state index contributed by atoms with van der Waals surface area (Å²) >= 11 is 0. The van der Waals surface area contributed by atoms with Crippen LogP contribution in [0.5, 0.6) is 0 Å². The summed E-state index contributed by atoms with van der Waals surface area (Å²) in [4.78, 5) is 25.9. The molecule has 1 fully saturated rings. The van der Waals surface area contributed by atoms with Crippen molar-refractivity contribution in [3.63, 3.8) is 0 Å². The molecule has 1 saturated heterocycles. The lowest BCUT2D eigenvalue weighted by atomic mass is 10.00. The average molecular weight is 390 g/mol. The fraction of sp³-hybridized carbons (Fsp3) is 0.333. The molecule has 1 aromatic heterocycles. The van der Waals surface area contributed by atoms with E-state index in [0.717, 1.165) is 42.6 Å². The molecule has 1 N–H and O–H groups in total. The van der Waals surface area contributed by atoms with Gasteiger partial charge in [0.05, 0.1) is 0 Å². The minimum Gasteiger partial charge on any atom is -0.381 e. The quantitative estimate of drug-likeness (QED) is 0.723. The van der Waals surface area contributed by atoms with Gasteiger partial charge < -0.3 is 14.6 Å². The number of hydrogen-bond acceptors (Lipinski definition) is 3. The zero-order valence-electron chi connectivity index (χ0n) is 16.9. The first-order valence-electron chi connectivity index (χ1n) is 10.1. The van der Waals surface area contributed by atoms with Crippen LogP contribution in [0.25, 0.3) is 10.8 Å². The Balaban J connectivity index is 1.64. The molecule has 3 aromatic rings. The van der Waals surface area contributed by atoms with Crippen molar-refractivity contribution in [2.24, 2.45) is 5.92 Å². The van der Waals surface area contributed by atoms with Gasteiger partial charge in [0.25, 0.3) is 11.5 Å². The highest BCUT2D eigenvalue weighted by atomic mass is 16.5. The molecule has 2 heterocycles. The zero-order valence-corrected chi connectivity index (χ0v) is 16.9. The van der Waals surface area contributed by atoms with Gasteiger partial charge in [0.15, 0.2) is 0 Å². The molecule has 29 heavy (non-hydrogen) atoms.